The first-order chi connectivity index (χ1) is 7.50. The van der Waals surface area contributed by atoms with E-state index in [-0.39, 0.29) is 12.0 Å². The van der Waals surface area contributed by atoms with Gasteiger partial charge < -0.3 is 15.2 Å². The van der Waals surface area contributed by atoms with Gasteiger partial charge >= 0.3 is 12.1 Å². The molecule has 1 fully saturated rings. The third kappa shape index (κ3) is 2.90. The Morgan fingerprint density at radius 3 is 2.12 bits per heavy atom. The standard InChI is InChI=1S/C12H21NO4/c1-10(2,3)17-9(16)13-7-12(8(14)15)6-11(12,4)5/h6-7H2,1-5H3,(H,13,16)(H,14,15)/t12-/m1/s1. The minimum absolute atomic E-state index is 0.115. The summed E-state index contributed by atoms with van der Waals surface area (Å²) in [5.74, 6) is -0.862. The summed E-state index contributed by atoms with van der Waals surface area (Å²) >= 11 is 0. The summed E-state index contributed by atoms with van der Waals surface area (Å²) in [6.45, 7) is 9.18. The molecule has 1 saturated carbocycles. The summed E-state index contributed by atoms with van der Waals surface area (Å²) in [5, 5.41) is 11.7. The van der Waals surface area contributed by atoms with E-state index in [1.165, 1.54) is 0 Å². The molecular weight excluding hydrogens is 222 g/mol. The fourth-order valence-corrected chi connectivity index (χ4v) is 1.99. The van der Waals surface area contributed by atoms with Crippen molar-refractivity contribution < 1.29 is 19.4 Å². The highest BCUT2D eigenvalue weighted by atomic mass is 16.6. The van der Waals surface area contributed by atoms with Gasteiger partial charge in [-0.25, -0.2) is 4.79 Å². The van der Waals surface area contributed by atoms with Crippen LogP contribution in [0, 0.1) is 10.8 Å². The maximum atomic E-state index is 11.4. The molecule has 98 valence electrons. The predicted molar refractivity (Wildman–Crippen MR) is 62.7 cm³/mol. The molecule has 0 aromatic carbocycles. The van der Waals surface area contributed by atoms with Crippen LogP contribution in [-0.2, 0) is 9.53 Å². The number of rotatable bonds is 3. The number of hydrogen-bond acceptors (Lipinski definition) is 3. The first kappa shape index (κ1) is 13.8. The molecule has 1 atom stereocenters. The number of aliphatic carboxylic acids is 1. The lowest BCUT2D eigenvalue weighted by Crippen LogP contribution is -2.39. The van der Waals surface area contributed by atoms with Gasteiger partial charge in [0.1, 0.15) is 5.60 Å². The average molecular weight is 243 g/mol. The van der Waals surface area contributed by atoms with Gasteiger partial charge in [-0.3, -0.25) is 4.79 Å². The highest BCUT2D eigenvalue weighted by molar-refractivity contribution is 5.81. The van der Waals surface area contributed by atoms with E-state index < -0.39 is 23.1 Å². The van der Waals surface area contributed by atoms with Crippen LogP contribution < -0.4 is 5.32 Å². The van der Waals surface area contributed by atoms with Crippen LogP contribution in [0.1, 0.15) is 41.0 Å². The van der Waals surface area contributed by atoms with Crippen molar-refractivity contribution in [3.8, 4) is 0 Å². The van der Waals surface area contributed by atoms with Gasteiger partial charge in [0.2, 0.25) is 0 Å². The van der Waals surface area contributed by atoms with Gasteiger partial charge in [0.25, 0.3) is 0 Å². The number of hydrogen-bond donors (Lipinski definition) is 2. The van der Waals surface area contributed by atoms with Crippen molar-refractivity contribution in [3.63, 3.8) is 0 Å². The number of carbonyl (C=O) groups excluding carboxylic acids is 1. The number of amides is 1. The molecular formula is C12H21NO4. The summed E-state index contributed by atoms with van der Waals surface area (Å²) in [7, 11) is 0. The van der Waals surface area contributed by atoms with Gasteiger partial charge in [-0.05, 0) is 32.6 Å². The Balaban J connectivity index is 2.51. The Morgan fingerprint density at radius 1 is 1.35 bits per heavy atom. The molecule has 1 amide bonds. The minimum atomic E-state index is -0.862. The summed E-state index contributed by atoms with van der Waals surface area (Å²) < 4.78 is 5.07. The number of carboxylic acids is 1. The maximum Gasteiger partial charge on any atom is 0.407 e. The van der Waals surface area contributed by atoms with Crippen LogP contribution in [0.2, 0.25) is 0 Å². The molecule has 0 aliphatic heterocycles. The summed E-state index contributed by atoms with van der Waals surface area (Å²) in [6.07, 6.45) is 0.00585. The lowest BCUT2D eigenvalue weighted by atomic mass is 9.96. The second-order valence-corrected chi connectivity index (χ2v) is 6.30. The third-order valence-corrected chi connectivity index (χ3v) is 3.26. The quantitative estimate of drug-likeness (QED) is 0.795. The number of alkyl carbamates (subject to hydrolysis) is 1. The Kier molecular flexibility index (Phi) is 3.16. The minimum Gasteiger partial charge on any atom is -0.481 e. The van der Waals surface area contributed by atoms with Gasteiger partial charge in [-0.1, -0.05) is 13.8 Å². The zero-order valence-corrected chi connectivity index (χ0v) is 11.1. The molecule has 0 aromatic heterocycles. The molecule has 5 heteroatoms. The van der Waals surface area contributed by atoms with Crippen molar-refractivity contribution >= 4 is 12.1 Å². The van der Waals surface area contributed by atoms with E-state index in [0.717, 1.165) is 0 Å². The molecule has 0 unspecified atom stereocenters. The van der Waals surface area contributed by atoms with Gasteiger partial charge in [0, 0.05) is 6.54 Å². The molecule has 0 spiro atoms. The van der Waals surface area contributed by atoms with Crippen LogP contribution in [0.15, 0.2) is 0 Å². The highest BCUT2D eigenvalue weighted by Crippen LogP contribution is 2.63. The zero-order valence-electron chi connectivity index (χ0n) is 11.1. The SMILES string of the molecule is CC(C)(C)OC(=O)NC[C@@]1(C(=O)O)CC1(C)C. The normalized spacial score (nSPS) is 26.2. The molecule has 0 radical (unpaired) electrons. The molecule has 1 rings (SSSR count). The zero-order chi connectivity index (χ0) is 13.5. The first-order valence-electron chi connectivity index (χ1n) is 5.70. The van der Waals surface area contributed by atoms with Crippen molar-refractivity contribution in [2.24, 2.45) is 10.8 Å². The fourth-order valence-electron chi connectivity index (χ4n) is 1.99. The Bertz CT molecular complexity index is 343. The summed E-state index contributed by atoms with van der Waals surface area (Å²) in [4.78, 5) is 22.6. The molecule has 5 nitrogen and oxygen atoms in total. The van der Waals surface area contributed by atoms with Crippen molar-refractivity contribution in [1.29, 1.82) is 0 Å². The molecule has 2 N–H and O–H groups in total. The Morgan fingerprint density at radius 2 is 1.82 bits per heavy atom. The van der Waals surface area contributed by atoms with E-state index in [2.05, 4.69) is 5.32 Å². The molecule has 0 heterocycles. The molecule has 1 aliphatic rings. The maximum absolute atomic E-state index is 11.4. The molecule has 1 aliphatic carbocycles. The molecule has 0 aromatic rings. The third-order valence-electron chi connectivity index (χ3n) is 3.26. The van der Waals surface area contributed by atoms with Crippen LogP contribution in [0.3, 0.4) is 0 Å². The second-order valence-electron chi connectivity index (χ2n) is 6.30. The molecule has 0 saturated heterocycles. The number of carboxylic acid groups (broad SMARTS) is 1. The van der Waals surface area contributed by atoms with E-state index in [1.54, 1.807) is 20.8 Å². The van der Waals surface area contributed by atoms with Crippen LogP contribution >= 0.6 is 0 Å². The van der Waals surface area contributed by atoms with Gasteiger partial charge in [0.05, 0.1) is 5.41 Å². The topological polar surface area (TPSA) is 75.6 Å². The van der Waals surface area contributed by atoms with Crippen molar-refractivity contribution in [2.75, 3.05) is 6.54 Å². The number of ether oxygens (including phenoxy) is 1. The van der Waals surface area contributed by atoms with Gasteiger partial charge in [0.15, 0.2) is 0 Å². The van der Waals surface area contributed by atoms with E-state index in [4.69, 9.17) is 4.74 Å². The Hall–Kier alpha value is -1.26. The first-order valence-corrected chi connectivity index (χ1v) is 5.70. The number of nitrogens with one attached hydrogen (secondary N) is 1. The van der Waals surface area contributed by atoms with Crippen molar-refractivity contribution in [2.45, 2.75) is 46.6 Å². The lowest BCUT2D eigenvalue weighted by Gasteiger charge is -2.21. The predicted octanol–water partition coefficient (Wildman–Crippen LogP) is 2.01. The van der Waals surface area contributed by atoms with Crippen LogP contribution in [0.4, 0.5) is 4.79 Å². The van der Waals surface area contributed by atoms with E-state index in [1.807, 2.05) is 13.8 Å². The summed E-state index contributed by atoms with van der Waals surface area (Å²) in [6, 6.07) is 0. The molecule has 17 heavy (non-hydrogen) atoms. The van der Waals surface area contributed by atoms with E-state index in [0.29, 0.717) is 6.42 Å². The van der Waals surface area contributed by atoms with Gasteiger partial charge in [-0.2, -0.15) is 0 Å². The average Bonchev–Trinajstić information content (AvgIpc) is 2.63. The largest absolute Gasteiger partial charge is 0.481 e. The van der Waals surface area contributed by atoms with Gasteiger partial charge in [-0.15, -0.1) is 0 Å². The fraction of sp³-hybridized carbons (Fsp3) is 0.833. The summed E-state index contributed by atoms with van der Waals surface area (Å²) in [5.41, 5.74) is -1.68. The van der Waals surface area contributed by atoms with E-state index in [9.17, 15) is 14.7 Å². The lowest BCUT2D eigenvalue weighted by molar-refractivity contribution is -0.144. The highest BCUT2D eigenvalue weighted by Gasteiger charge is 2.66. The van der Waals surface area contributed by atoms with Crippen molar-refractivity contribution in [1.82, 2.24) is 5.32 Å². The van der Waals surface area contributed by atoms with Crippen LogP contribution in [-0.4, -0.2) is 29.3 Å². The second kappa shape index (κ2) is 3.89. The van der Waals surface area contributed by atoms with E-state index >= 15 is 0 Å². The van der Waals surface area contributed by atoms with Crippen LogP contribution in [0.25, 0.3) is 0 Å². The monoisotopic (exact) mass is 243 g/mol. The Labute approximate surface area is 102 Å². The smallest absolute Gasteiger partial charge is 0.407 e. The van der Waals surface area contributed by atoms with Crippen LogP contribution in [0.5, 0.6) is 0 Å². The van der Waals surface area contributed by atoms with Crippen molar-refractivity contribution in [3.05, 3.63) is 0 Å². The molecule has 0 bridgehead atoms. The number of carbonyl (C=O) groups is 2.